The Hall–Kier alpha value is 0.400. The molecule has 0 aliphatic carbocycles. The van der Waals surface area contributed by atoms with Gasteiger partial charge in [0.25, 0.3) is 0 Å². The third-order valence-electron chi connectivity index (χ3n) is 3.36. The highest BCUT2D eigenvalue weighted by Gasteiger charge is 2.27. The van der Waals surface area contributed by atoms with Crippen molar-refractivity contribution in [3.05, 3.63) is 0 Å². The van der Waals surface area contributed by atoms with Gasteiger partial charge in [0.15, 0.2) is 0 Å². The van der Waals surface area contributed by atoms with Crippen molar-refractivity contribution in [1.29, 1.82) is 0 Å². The van der Waals surface area contributed by atoms with Gasteiger partial charge < -0.3 is 9.47 Å². The summed E-state index contributed by atoms with van der Waals surface area (Å²) in [4.78, 5) is 0.680. The summed E-state index contributed by atoms with van der Waals surface area (Å²) in [6.07, 6.45) is 4.99. The van der Waals surface area contributed by atoms with Crippen molar-refractivity contribution >= 4 is 15.9 Å². The zero-order valence-corrected chi connectivity index (χ0v) is 10.2. The van der Waals surface area contributed by atoms with Gasteiger partial charge in [-0.2, -0.15) is 0 Å². The maximum absolute atomic E-state index is 5.53. The third-order valence-corrected chi connectivity index (χ3v) is 4.56. The van der Waals surface area contributed by atoms with Gasteiger partial charge in [-0.1, -0.05) is 15.9 Å². The average molecular weight is 263 g/mol. The minimum absolute atomic E-state index is 0.680. The fraction of sp³-hybridized carbons (Fsp3) is 1.00. The maximum Gasteiger partial charge on any atom is 0.0505 e. The zero-order chi connectivity index (χ0) is 9.80. The van der Waals surface area contributed by atoms with Crippen molar-refractivity contribution in [3.63, 3.8) is 0 Å². The summed E-state index contributed by atoms with van der Waals surface area (Å²) in [5, 5.41) is 0. The predicted octanol–water partition coefficient (Wildman–Crippen LogP) is 2.60. The van der Waals surface area contributed by atoms with Crippen molar-refractivity contribution in [2.75, 3.05) is 26.4 Å². The largest absolute Gasteiger partial charge is 0.381 e. The van der Waals surface area contributed by atoms with Crippen LogP contribution in [0.15, 0.2) is 0 Å². The van der Waals surface area contributed by atoms with Crippen LogP contribution in [-0.2, 0) is 9.47 Å². The monoisotopic (exact) mass is 262 g/mol. The summed E-state index contributed by atoms with van der Waals surface area (Å²) in [7, 11) is 0. The van der Waals surface area contributed by atoms with E-state index in [9.17, 15) is 0 Å². The van der Waals surface area contributed by atoms with Crippen LogP contribution in [0.5, 0.6) is 0 Å². The number of ether oxygens (including phenoxy) is 2. The Morgan fingerprint density at radius 3 is 2.43 bits per heavy atom. The van der Waals surface area contributed by atoms with Crippen molar-refractivity contribution in [2.24, 2.45) is 11.8 Å². The van der Waals surface area contributed by atoms with E-state index in [1.807, 2.05) is 0 Å². The minimum Gasteiger partial charge on any atom is -0.381 e. The van der Waals surface area contributed by atoms with Gasteiger partial charge in [-0.3, -0.25) is 0 Å². The summed E-state index contributed by atoms with van der Waals surface area (Å²) in [5.74, 6) is 1.60. The number of rotatable bonds is 2. The smallest absolute Gasteiger partial charge is 0.0505 e. The van der Waals surface area contributed by atoms with Gasteiger partial charge in [-0.05, 0) is 37.5 Å². The van der Waals surface area contributed by atoms with Crippen LogP contribution >= 0.6 is 15.9 Å². The van der Waals surface area contributed by atoms with E-state index in [2.05, 4.69) is 15.9 Å². The van der Waals surface area contributed by atoms with Crippen LogP contribution in [0.1, 0.15) is 25.7 Å². The molecule has 2 heterocycles. The van der Waals surface area contributed by atoms with E-state index in [-0.39, 0.29) is 0 Å². The molecule has 2 aliphatic heterocycles. The first-order chi connectivity index (χ1) is 6.86. The Morgan fingerprint density at radius 2 is 1.71 bits per heavy atom. The van der Waals surface area contributed by atoms with E-state index in [1.54, 1.807) is 0 Å². The van der Waals surface area contributed by atoms with Gasteiger partial charge in [0, 0.05) is 24.6 Å². The standard InChI is InChI=1S/C11H19BrO2/c12-11-3-6-14-8-10(11)7-9-1-4-13-5-2-9/h9-11H,1-8H2. The Balaban J connectivity index is 1.76. The second-order valence-electron chi connectivity index (χ2n) is 4.43. The van der Waals surface area contributed by atoms with Gasteiger partial charge >= 0.3 is 0 Å². The van der Waals surface area contributed by atoms with Crippen molar-refractivity contribution in [3.8, 4) is 0 Å². The second-order valence-corrected chi connectivity index (χ2v) is 5.61. The Kier molecular flexibility index (Phi) is 4.26. The van der Waals surface area contributed by atoms with Gasteiger partial charge in [-0.25, -0.2) is 0 Å². The summed E-state index contributed by atoms with van der Waals surface area (Å²) in [6, 6.07) is 0. The van der Waals surface area contributed by atoms with Gasteiger partial charge in [-0.15, -0.1) is 0 Å². The molecule has 0 N–H and O–H groups in total. The number of hydrogen-bond donors (Lipinski definition) is 0. The summed E-state index contributed by atoms with van der Waals surface area (Å²) in [5.41, 5.74) is 0. The van der Waals surface area contributed by atoms with Crippen molar-refractivity contribution < 1.29 is 9.47 Å². The Morgan fingerprint density at radius 1 is 1.00 bits per heavy atom. The highest BCUT2D eigenvalue weighted by Crippen LogP contribution is 2.31. The summed E-state index contributed by atoms with van der Waals surface area (Å²) >= 11 is 3.77. The number of hydrogen-bond acceptors (Lipinski definition) is 2. The molecule has 0 aromatic heterocycles. The molecule has 0 radical (unpaired) electrons. The first-order valence-corrected chi connectivity index (χ1v) is 6.57. The number of halogens is 1. The second kappa shape index (κ2) is 5.47. The molecule has 0 aromatic carbocycles. The van der Waals surface area contributed by atoms with Crippen LogP contribution < -0.4 is 0 Å². The van der Waals surface area contributed by atoms with E-state index in [4.69, 9.17) is 9.47 Å². The molecule has 0 saturated carbocycles. The minimum atomic E-state index is 0.680. The third kappa shape index (κ3) is 2.94. The van der Waals surface area contributed by atoms with Crippen molar-refractivity contribution in [1.82, 2.24) is 0 Å². The topological polar surface area (TPSA) is 18.5 Å². The van der Waals surface area contributed by atoms with Crippen LogP contribution in [0.2, 0.25) is 0 Å². The van der Waals surface area contributed by atoms with E-state index < -0.39 is 0 Å². The van der Waals surface area contributed by atoms with E-state index in [0.29, 0.717) is 4.83 Å². The van der Waals surface area contributed by atoms with Crippen LogP contribution in [0.4, 0.5) is 0 Å². The molecule has 2 unspecified atom stereocenters. The van der Waals surface area contributed by atoms with Gasteiger partial charge in [0.1, 0.15) is 0 Å². The fourth-order valence-corrected chi connectivity index (χ4v) is 2.95. The Bertz CT molecular complexity index is 169. The van der Waals surface area contributed by atoms with Crippen LogP contribution in [-0.4, -0.2) is 31.3 Å². The highest BCUT2D eigenvalue weighted by atomic mass is 79.9. The van der Waals surface area contributed by atoms with Gasteiger partial charge in [0.2, 0.25) is 0 Å². The fourth-order valence-electron chi connectivity index (χ4n) is 2.40. The molecule has 2 fully saturated rings. The molecular formula is C11H19BrO2. The molecule has 2 saturated heterocycles. The lowest BCUT2D eigenvalue weighted by molar-refractivity contribution is 0.0259. The molecule has 3 heteroatoms. The number of alkyl halides is 1. The first-order valence-electron chi connectivity index (χ1n) is 5.66. The predicted molar refractivity (Wildman–Crippen MR) is 59.8 cm³/mol. The maximum atomic E-state index is 5.53. The molecule has 2 rings (SSSR count). The molecule has 0 spiro atoms. The lowest BCUT2D eigenvalue weighted by Gasteiger charge is -2.32. The van der Waals surface area contributed by atoms with Gasteiger partial charge in [0.05, 0.1) is 6.61 Å². The summed E-state index contributed by atoms with van der Waals surface area (Å²) < 4.78 is 10.9. The van der Waals surface area contributed by atoms with E-state index in [1.165, 1.54) is 25.7 Å². The summed E-state index contributed by atoms with van der Waals surface area (Å²) in [6.45, 7) is 3.81. The molecule has 0 aromatic rings. The van der Waals surface area contributed by atoms with Crippen molar-refractivity contribution in [2.45, 2.75) is 30.5 Å². The lowest BCUT2D eigenvalue weighted by Crippen LogP contribution is -2.31. The highest BCUT2D eigenvalue weighted by molar-refractivity contribution is 9.09. The lowest BCUT2D eigenvalue weighted by atomic mass is 9.86. The first kappa shape index (κ1) is 10.9. The Labute approximate surface area is 94.5 Å². The molecule has 0 bridgehead atoms. The normalized spacial score (nSPS) is 35.8. The SMILES string of the molecule is BrC1CCOCC1CC1CCOCC1. The van der Waals surface area contributed by atoms with Crippen LogP contribution in [0, 0.1) is 11.8 Å². The van der Waals surface area contributed by atoms with E-state index in [0.717, 1.165) is 38.3 Å². The molecule has 14 heavy (non-hydrogen) atoms. The molecule has 2 nitrogen and oxygen atoms in total. The molecular weight excluding hydrogens is 244 g/mol. The quantitative estimate of drug-likeness (QED) is 0.713. The molecule has 82 valence electrons. The zero-order valence-electron chi connectivity index (χ0n) is 8.58. The molecule has 0 amide bonds. The average Bonchev–Trinajstić information content (AvgIpc) is 2.23. The molecule has 2 atom stereocenters. The van der Waals surface area contributed by atoms with Crippen LogP contribution in [0.25, 0.3) is 0 Å². The van der Waals surface area contributed by atoms with Crippen LogP contribution in [0.3, 0.4) is 0 Å². The van der Waals surface area contributed by atoms with E-state index >= 15 is 0 Å². The molecule has 2 aliphatic rings.